The highest BCUT2D eigenvalue weighted by Gasteiger charge is 2.26. The largest absolute Gasteiger partial charge is 0.449 e. The lowest BCUT2D eigenvalue weighted by Gasteiger charge is -2.29. The van der Waals surface area contributed by atoms with Crippen molar-refractivity contribution in [3.63, 3.8) is 0 Å². The number of ether oxygens (including phenoxy) is 2. The summed E-state index contributed by atoms with van der Waals surface area (Å²) in [5.41, 5.74) is 0.936. The predicted molar refractivity (Wildman–Crippen MR) is 119 cm³/mol. The molecule has 0 bridgehead atoms. The van der Waals surface area contributed by atoms with Gasteiger partial charge in [-0.25, -0.2) is 18.5 Å². The molecule has 0 saturated heterocycles. The molecule has 2 aromatic rings. The number of anilines is 2. The molecule has 1 atom stereocenters. The third-order valence-corrected chi connectivity index (χ3v) is 5.95. The first-order valence-electron chi connectivity index (χ1n) is 11.1. The molecule has 1 amide bonds. The fraction of sp³-hybridized carbons (Fsp3) is 0.440. The zero-order valence-corrected chi connectivity index (χ0v) is 18.6. The molecule has 6 nitrogen and oxygen atoms in total. The van der Waals surface area contributed by atoms with Crippen LogP contribution in [0.4, 0.5) is 25.0 Å². The van der Waals surface area contributed by atoms with Gasteiger partial charge in [0, 0.05) is 0 Å². The number of aliphatic hydroxyl groups is 1. The highest BCUT2D eigenvalue weighted by atomic mass is 19.1. The summed E-state index contributed by atoms with van der Waals surface area (Å²) in [5, 5.41) is 9.02. The number of aldehydes is 1. The fourth-order valence-corrected chi connectivity index (χ4v) is 3.91. The molecule has 1 N–H and O–H groups in total. The van der Waals surface area contributed by atoms with Crippen molar-refractivity contribution in [3.8, 4) is 0 Å². The van der Waals surface area contributed by atoms with E-state index >= 15 is 0 Å². The molecule has 0 aromatic heterocycles. The lowest BCUT2D eigenvalue weighted by atomic mass is 9.83. The summed E-state index contributed by atoms with van der Waals surface area (Å²) in [6.07, 6.45) is 2.47. The van der Waals surface area contributed by atoms with E-state index in [0.717, 1.165) is 25.7 Å². The van der Waals surface area contributed by atoms with Crippen LogP contribution in [0.1, 0.15) is 31.2 Å². The highest BCUT2D eigenvalue weighted by molar-refractivity contribution is 5.96. The van der Waals surface area contributed by atoms with Crippen LogP contribution in [0.5, 0.6) is 0 Å². The van der Waals surface area contributed by atoms with E-state index in [4.69, 9.17) is 14.6 Å². The topological polar surface area (TPSA) is 76.1 Å². The van der Waals surface area contributed by atoms with Gasteiger partial charge in [-0.05, 0) is 80.3 Å². The van der Waals surface area contributed by atoms with Gasteiger partial charge in [-0.2, -0.15) is 0 Å². The van der Waals surface area contributed by atoms with Crippen molar-refractivity contribution in [2.75, 3.05) is 24.7 Å². The summed E-state index contributed by atoms with van der Waals surface area (Å²) < 4.78 is 39.0. The molecule has 0 heterocycles. The third-order valence-electron chi connectivity index (χ3n) is 5.95. The summed E-state index contributed by atoms with van der Waals surface area (Å²) in [6, 6.07) is 9.88. The number of nitrogens with zero attached hydrogens (tertiary/aromatic N) is 1. The van der Waals surface area contributed by atoms with Gasteiger partial charge in [-0.1, -0.05) is 12.1 Å². The van der Waals surface area contributed by atoms with Crippen LogP contribution in [0.2, 0.25) is 0 Å². The normalized spacial score (nSPS) is 19.0. The minimum Gasteiger partial charge on any atom is -0.449 e. The maximum atomic E-state index is 14.2. The van der Waals surface area contributed by atoms with Crippen LogP contribution in [-0.4, -0.2) is 43.4 Å². The zero-order valence-electron chi connectivity index (χ0n) is 18.6. The van der Waals surface area contributed by atoms with Crippen LogP contribution in [0, 0.1) is 30.4 Å². The quantitative estimate of drug-likeness (QED) is 0.536. The van der Waals surface area contributed by atoms with Gasteiger partial charge in [0.15, 0.2) is 6.29 Å². The maximum Gasteiger partial charge on any atom is 0.418 e. The molecule has 178 valence electrons. The number of aliphatic hydroxyl groups excluding tert-OH is 1. The van der Waals surface area contributed by atoms with Crippen molar-refractivity contribution < 1.29 is 33.0 Å². The number of rotatable bonds is 9. The number of amides is 1. The van der Waals surface area contributed by atoms with Crippen LogP contribution in [0.15, 0.2) is 42.5 Å². The Kier molecular flexibility index (Phi) is 8.91. The van der Waals surface area contributed by atoms with E-state index < -0.39 is 23.8 Å². The average Bonchev–Trinajstić information content (AvgIpc) is 2.81. The number of carbonyl (C=O) groups is 2. The SMILES string of the molecule is Cc1ccc(N(C(=O)OCC2CCC(COC(C=O)CO)CC2)c2cccc(F)c2)cc1F. The van der Waals surface area contributed by atoms with E-state index in [1.54, 1.807) is 25.1 Å². The Morgan fingerprint density at radius 3 is 2.36 bits per heavy atom. The second-order valence-electron chi connectivity index (χ2n) is 8.40. The molecule has 1 aliphatic carbocycles. The second-order valence-corrected chi connectivity index (χ2v) is 8.40. The number of hydrogen-bond donors (Lipinski definition) is 1. The molecule has 0 radical (unpaired) electrons. The van der Waals surface area contributed by atoms with Crippen LogP contribution in [-0.2, 0) is 14.3 Å². The van der Waals surface area contributed by atoms with Gasteiger partial charge in [0.05, 0.1) is 31.2 Å². The van der Waals surface area contributed by atoms with Crippen LogP contribution < -0.4 is 4.90 Å². The number of aryl methyl sites for hydroxylation is 1. The Bertz CT molecular complexity index is 946. The Labute approximate surface area is 192 Å². The van der Waals surface area contributed by atoms with Gasteiger partial charge in [0.2, 0.25) is 0 Å². The number of halogens is 2. The predicted octanol–water partition coefficient (Wildman–Crippen LogP) is 4.93. The molecule has 1 saturated carbocycles. The molecule has 0 spiro atoms. The molecule has 33 heavy (non-hydrogen) atoms. The first kappa shape index (κ1) is 24.8. The van der Waals surface area contributed by atoms with Crippen LogP contribution >= 0.6 is 0 Å². The van der Waals surface area contributed by atoms with E-state index in [0.29, 0.717) is 18.5 Å². The Hall–Kier alpha value is -2.84. The summed E-state index contributed by atoms with van der Waals surface area (Å²) in [7, 11) is 0. The Balaban J connectivity index is 1.60. The highest BCUT2D eigenvalue weighted by Crippen LogP contribution is 2.31. The van der Waals surface area contributed by atoms with Gasteiger partial charge in [-0.3, -0.25) is 0 Å². The van der Waals surface area contributed by atoms with E-state index in [1.165, 1.54) is 29.2 Å². The van der Waals surface area contributed by atoms with Crippen molar-refractivity contribution in [2.45, 2.75) is 38.7 Å². The van der Waals surface area contributed by atoms with Crippen molar-refractivity contribution >= 4 is 23.8 Å². The first-order chi connectivity index (χ1) is 15.9. The fourth-order valence-electron chi connectivity index (χ4n) is 3.91. The minimum atomic E-state index is -0.788. The molecule has 0 aliphatic heterocycles. The van der Waals surface area contributed by atoms with Crippen LogP contribution in [0.25, 0.3) is 0 Å². The molecular weight excluding hydrogens is 432 g/mol. The Morgan fingerprint density at radius 1 is 1.09 bits per heavy atom. The van der Waals surface area contributed by atoms with Gasteiger partial charge < -0.3 is 19.4 Å². The molecule has 1 aliphatic rings. The number of carbonyl (C=O) groups excluding carboxylic acids is 2. The van der Waals surface area contributed by atoms with Crippen LogP contribution in [0.3, 0.4) is 0 Å². The van der Waals surface area contributed by atoms with E-state index in [2.05, 4.69) is 0 Å². The van der Waals surface area contributed by atoms with E-state index in [-0.39, 0.29) is 36.4 Å². The maximum absolute atomic E-state index is 14.2. The van der Waals surface area contributed by atoms with Crippen molar-refractivity contribution in [2.24, 2.45) is 11.8 Å². The van der Waals surface area contributed by atoms with E-state index in [1.807, 2.05) is 0 Å². The molecule has 1 unspecified atom stereocenters. The van der Waals surface area contributed by atoms with Gasteiger partial charge >= 0.3 is 6.09 Å². The standard InChI is InChI=1S/C25H29F2NO5/c1-17-5-10-22(12-24(17)27)28(21-4-2-3-20(26)11-21)25(31)33-16-19-8-6-18(7-9-19)15-32-23(13-29)14-30/h2-5,10-13,18-19,23,30H,6-9,14-16H2,1H3. The van der Waals surface area contributed by atoms with Gasteiger partial charge in [0.1, 0.15) is 17.7 Å². The van der Waals surface area contributed by atoms with Gasteiger partial charge in [0.25, 0.3) is 0 Å². The lowest BCUT2D eigenvalue weighted by molar-refractivity contribution is -0.121. The third kappa shape index (κ3) is 6.82. The molecule has 8 heteroatoms. The molecule has 2 aromatic carbocycles. The molecule has 3 rings (SSSR count). The summed E-state index contributed by atoms with van der Waals surface area (Å²) in [5.74, 6) is -0.545. The molecule has 1 fully saturated rings. The van der Waals surface area contributed by atoms with Crippen molar-refractivity contribution in [1.29, 1.82) is 0 Å². The minimum absolute atomic E-state index is 0.161. The van der Waals surface area contributed by atoms with Crippen molar-refractivity contribution in [1.82, 2.24) is 0 Å². The zero-order chi connectivity index (χ0) is 23.8. The summed E-state index contributed by atoms with van der Waals surface area (Å²) in [4.78, 5) is 24.9. The second kappa shape index (κ2) is 11.9. The molecular formula is C25H29F2NO5. The number of hydrogen-bond acceptors (Lipinski definition) is 5. The Morgan fingerprint density at radius 2 is 1.76 bits per heavy atom. The average molecular weight is 462 g/mol. The number of benzene rings is 2. The monoisotopic (exact) mass is 461 g/mol. The summed E-state index contributed by atoms with van der Waals surface area (Å²) >= 11 is 0. The first-order valence-corrected chi connectivity index (χ1v) is 11.1. The van der Waals surface area contributed by atoms with E-state index in [9.17, 15) is 18.4 Å². The lowest BCUT2D eigenvalue weighted by Crippen LogP contribution is -2.30. The van der Waals surface area contributed by atoms with Crippen molar-refractivity contribution in [3.05, 3.63) is 59.7 Å². The smallest absolute Gasteiger partial charge is 0.418 e. The van der Waals surface area contributed by atoms with Gasteiger partial charge in [-0.15, -0.1) is 0 Å². The summed E-state index contributed by atoms with van der Waals surface area (Å²) in [6.45, 7) is 1.89.